The number of carbonyl (C=O) groups is 2. The Morgan fingerprint density at radius 2 is 1.93 bits per heavy atom. The number of ether oxygens (including phenoxy) is 1. The van der Waals surface area contributed by atoms with Gasteiger partial charge in [0.2, 0.25) is 6.10 Å². The average molecular weight is 386 g/mol. The lowest BCUT2D eigenvalue weighted by Crippen LogP contribution is -2.40. The first-order valence-electron chi connectivity index (χ1n) is 8.53. The summed E-state index contributed by atoms with van der Waals surface area (Å²) in [6, 6.07) is 6.80. The van der Waals surface area contributed by atoms with E-state index in [2.05, 4.69) is 15.4 Å². The highest BCUT2D eigenvalue weighted by atomic mass is 19.1. The molecule has 8 nitrogen and oxygen atoms in total. The molecule has 0 aliphatic carbocycles. The van der Waals surface area contributed by atoms with E-state index in [1.54, 1.807) is 11.4 Å². The Bertz CT molecular complexity index is 1050. The Labute approximate surface area is 160 Å². The Balaban J connectivity index is 1.78. The first kappa shape index (κ1) is 19.3. The standard InChI is InChI=1S/C19H19FN4O4/c1-10-8-11(2)24-17(22-10)16(12(3)23-24)18(25)21-9-15(19(26)27)28-14-6-4-13(20)5-7-14/h4-8,15H,9H2,1-3H3,(H,21,25)(H,26,27). The molecule has 0 saturated heterocycles. The molecule has 28 heavy (non-hydrogen) atoms. The lowest BCUT2D eigenvalue weighted by molar-refractivity contribution is -0.144. The molecule has 9 heteroatoms. The number of aliphatic carboxylic acids is 1. The van der Waals surface area contributed by atoms with Crippen molar-refractivity contribution >= 4 is 17.5 Å². The Hall–Kier alpha value is -3.49. The monoisotopic (exact) mass is 386 g/mol. The average Bonchev–Trinajstić information content (AvgIpc) is 2.96. The van der Waals surface area contributed by atoms with E-state index in [9.17, 15) is 19.1 Å². The van der Waals surface area contributed by atoms with Gasteiger partial charge in [-0.2, -0.15) is 5.10 Å². The summed E-state index contributed by atoms with van der Waals surface area (Å²) in [7, 11) is 0. The van der Waals surface area contributed by atoms with Crippen molar-refractivity contribution in [1.82, 2.24) is 19.9 Å². The molecule has 2 heterocycles. The molecule has 0 spiro atoms. The molecule has 2 N–H and O–H groups in total. The van der Waals surface area contributed by atoms with Gasteiger partial charge in [-0.25, -0.2) is 18.7 Å². The van der Waals surface area contributed by atoms with Crippen LogP contribution in [-0.2, 0) is 4.79 Å². The summed E-state index contributed by atoms with van der Waals surface area (Å²) in [6.07, 6.45) is -1.34. The van der Waals surface area contributed by atoms with Crippen LogP contribution in [-0.4, -0.2) is 44.2 Å². The van der Waals surface area contributed by atoms with Crippen molar-refractivity contribution < 1.29 is 23.8 Å². The summed E-state index contributed by atoms with van der Waals surface area (Å²) in [4.78, 5) is 28.5. The number of nitrogens with one attached hydrogen (secondary N) is 1. The molecule has 146 valence electrons. The SMILES string of the molecule is Cc1cc(C)n2nc(C)c(C(=O)NCC(Oc3ccc(F)cc3)C(=O)O)c2n1. The summed E-state index contributed by atoms with van der Waals surface area (Å²) in [5.74, 6) is -2.04. The molecule has 0 aliphatic heterocycles. The fourth-order valence-electron chi connectivity index (χ4n) is 2.82. The van der Waals surface area contributed by atoms with E-state index in [0.29, 0.717) is 11.3 Å². The maximum atomic E-state index is 13.0. The second kappa shape index (κ2) is 7.63. The van der Waals surface area contributed by atoms with Gasteiger partial charge in [0.15, 0.2) is 5.65 Å². The number of benzene rings is 1. The van der Waals surface area contributed by atoms with Crippen LogP contribution in [0.2, 0.25) is 0 Å². The second-order valence-corrected chi connectivity index (χ2v) is 6.34. The summed E-state index contributed by atoms with van der Waals surface area (Å²) in [5, 5.41) is 16.2. The summed E-state index contributed by atoms with van der Waals surface area (Å²) < 4.78 is 19.9. The van der Waals surface area contributed by atoms with Crippen molar-refractivity contribution in [1.29, 1.82) is 0 Å². The van der Waals surface area contributed by atoms with Crippen molar-refractivity contribution in [3.05, 3.63) is 58.8 Å². The van der Waals surface area contributed by atoms with Gasteiger partial charge in [-0.1, -0.05) is 0 Å². The lowest BCUT2D eigenvalue weighted by Gasteiger charge is -2.15. The highest BCUT2D eigenvalue weighted by molar-refractivity contribution is 6.01. The molecular formula is C19H19FN4O4. The minimum absolute atomic E-state index is 0.183. The third kappa shape index (κ3) is 3.93. The first-order valence-corrected chi connectivity index (χ1v) is 8.53. The van der Waals surface area contributed by atoms with Crippen LogP contribution in [0, 0.1) is 26.6 Å². The second-order valence-electron chi connectivity index (χ2n) is 6.34. The number of fused-ring (bicyclic) bond motifs is 1. The number of rotatable bonds is 6. The molecule has 1 unspecified atom stereocenters. The third-order valence-electron chi connectivity index (χ3n) is 4.11. The van der Waals surface area contributed by atoms with Gasteiger partial charge in [0.25, 0.3) is 5.91 Å². The molecular weight excluding hydrogens is 367 g/mol. The molecule has 1 amide bonds. The summed E-state index contributed by atoms with van der Waals surface area (Å²) in [6.45, 7) is 5.07. The van der Waals surface area contributed by atoms with Gasteiger partial charge in [-0.3, -0.25) is 4.79 Å². The van der Waals surface area contributed by atoms with Crippen LogP contribution in [0.1, 0.15) is 27.4 Å². The van der Waals surface area contributed by atoms with Crippen molar-refractivity contribution in [2.24, 2.45) is 0 Å². The number of hydrogen-bond donors (Lipinski definition) is 2. The minimum Gasteiger partial charge on any atom is -0.478 e. The largest absolute Gasteiger partial charge is 0.478 e. The van der Waals surface area contributed by atoms with Crippen molar-refractivity contribution in [2.45, 2.75) is 26.9 Å². The predicted octanol–water partition coefficient (Wildman–Crippen LogP) is 2.06. The topological polar surface area (TPSA) is 106 Å². The zero-order chi connectivity index (χ0) is 20.4. The van der Waals surface area contributed by atoms with Gasteiger partial charge in [-0.05, 0) is 51.1 Å². The fourth-order valence-corrected chi connectivity index (χ4v) is 2.82. The normalized spacial score (nSPS) is 12.0. The highest BCUT2D eigenvalue weighted by Gasteiger charge is 2.24. The number of amides is 1. The molecule has 0 aliphatic rings. The molecule has 1 atom stereocenters. The van der Waals surface area contributed by atoms with Crippen molar-refractivity contribution in [3.8, 4) is 5.75 Å². The zero-order valence-corrected chi connectivity index (χ0v) is 15.6. The zero-order valence-electron chi connectivity index (χ0n) is 15.6. The molecule has 0 radical (unpaired) electrons. The van der Waals surface area contributed by atoms with E-state index >= 15 is 0 Å². The van der Waals surface area contributed by atoms with E-state index < -0.39 is 23.8 Å². The van der Waals surface area contributed by atoms with Crippen LogP contribution in [0.3, 0.4) is 0 Å². The van der Waals surface area contributed by atoms with Gasteiger partial charge in [0.05, 0.1) is 12.2 Å². The van der Waals surface area contributed by atoms with Crippen LogP contribution < -0.4 is 10.1 Å². The van der Waals surface area contributed by atoms with Crippen LogP contribution in [0.15, 0.2) is 30.3 Å². The minimum atomic E-state index is -1.34. The van der Waals surface area contributed by atoms with Gasteiger partial charge in [0.1, 0.15) is 17.1 Å². The van der Waals surface area contributed by atoms with E-state index in [0.717, 1.165) is 23.5 Å². The van der Waals surface area contributed by atoms with Gasteiger partial charge < -0.3 is 15.2 Å². The van der Waals surface area contributed by atoms with Gasteiger partial charge in [-0.15, -0.1) is 0 Å². The molecule has 0 bridgehead atoms. The lowest BCUT2D eigenvalue weighted by atomic mass is 10.2. The molecule has 2 aromatic heterocycles. The number of carboxylic acid groups (broad SMARTS) is 1. The maximum Gasteiger partial charge on any atom is 0.346 e. The number of carboxylic acids is 1. The van der Waals surface area contributed by atoms with Gasteiger partial charge in [0, 0.05) is 11.4 Å². The smallest absolute Gasteiger partial charge is 0.346 e. The molecule has 3 aromatic rings. The van der Waals surface area contributed by atoms with E-state index in [1.807, 2.05) is 19.9 Å². The highest BCUT2D eigenvalue weighted by Crippen LogP contribution is 2.17. The molecule has 0 fully saturated rings. The molecule has 1 aromatic carbocycles. The summed E-state index contributed by atoms with van der Waals surface area (Å²) >= 11 is 0. The first-order chi connectivity index (χ1) is 13.3. The van der Waals surface area contributed by atoms with Gasteiger partial charge >= 0.3 is 5.97 Å². The number of aryl methyl sites for hydroxylation is 3. The van der Waals surface area contributed by atoms with E-state index in [-0.39, 0.29) is 17.9 Å². The van der Waals surface area contributed by atoms with Crippen LogP contribution in [0.4, 0.5) is 4.39 Å². The number of nitrogens with zero attached hydrogens (tertiary/aromatic N) is 3. The Morgan fingerprint density at radius 3 is 2.57 bits per heavy atom. The van der Waals surface area contributed by atoms with Crippen LogP contribution in [0.5, 0.6) is 5.75 Å². The van der Waals surface area contributed by atoms with Crippen molar-refractivity contribution in [3.63, 3.8) is 0 Å². The Kier molecular flexibility index (Phi) is 5.25. The molecule has 0 saturated carbocycles. The summed E-state index contributed by atoms with van der Waals surface area (Å²) in [5.41, 5.74) is 2.72. The third-order valence-corrected chi connectivity index (χ3v) is 4.11. The Morgan fingerprint density at radius 1 is 1.25 bits per heavy atom. The van der Waals surface area contributed by atoms with E-state index in [4.69, 9.17) is 4.74 Å². The molecule has 3 rings (SSSR count). The number of aromatic nitrogens is 3. The quantitative estimate of drug-likeness (QED) is 0.672. The maximum absolute atomic E-state index is 13.0. The van der Waals surface area contributed by atoms with Crippen molar-refractivity contribution in [2.75, 3.05) is 6.54 Å². The number of halogens is 1. The predicted molar refractivity (Wildman–Crippen MR) is 98.0 cm³/mol. The van der Waals surface area contributed by atoms with Crippen LogP contribution >= 0.6 is 0 Å². The van der Waals surface area contributed by atoms with Crippen LogP contribution in [0.25, 0.3) is 5.65 Å². The number of hydrogen-bond acceptors (Lipinski definition) is 5. The number of carbonyl (C=O) groups excluding carboxylic acids is 1. The van der Waals surface area contributed by atoms with E-state index in [1.165, 1.54) is 12.1 Å². The fraction of sp³-hybridized carbons (Fsp3) is 0.263.